The number of likely N-dealkylation sites (N-methyl/N-ethyl adjacent to an activating group) is 1. The van der Waals surface area contributed by atoms with Crippen LogP contribution in [0, 0.1) is 0 Å². The molecule has 4 heterocycles. The van der Waals surface area contributed by atoms with Crippen LogP contribution in [0.3, 0.4) is 0 Å². The first-order valence-corrected chi connectivity index (χ1v) is 16.2. The molecule has 256 valence electrons. The van der Waals surface area contributed by atoms with Crippen molar-refractivity contribution in [2.75, 3.05) is 44.7 Å². The van der Waals surface area contributed by atoms with Crippen LogP contribution in [0.4, 0.5) is 23.8 Å². The van der Waals surface area contributed by atoms with Crippen molar-refractivity contribution in [1.82, 2.24) is 29.3 Å². The van der Waals surface area contributed by atoms with Crippen LogP contribution in [0.2, 0.25) is 5.02 Å². The van der Waals surface area contributed by atoms with Gasteiger partial charge in [-0.2, -0.15) is 23.1 Å². The van der Waals surface area contributed by atoms with Crippen LogP contribution in [0.1, 0.15) is 46.4 Å². The number of hydrogen-bond acceptors (Lipinski definition) is 9. The minimum absolute atomic E-state index is 0.0109. The average Bonchev–Trinajstić information content (AvgIpc) is 3.42. The summed E-state index contributed by atoms with van der Waals surface area (Å²) >= 11 is 6.49. The minimum Gasteiger partial charge on any atom is -0.462 e. The quantitative estimate of drug-likeness (QED) is 0.253. The van der Waals surface area contributed by atoms with Gasteiger partial charge in [-0.3, -0.25) is 9.36 Å². The number of amides is 1. The van der Waals surface area contributed by atoms with Crippen molar-refractivity contribution >= 4 is 45.3 Å². The van der Waals surface area contributed by atoms with Gasteiger partial charge < -0.3 is 24.2 Å². The lowest BCUT2D eigenvalue weighted by Crippen LogP contribution is -2.55. The molecular weight excluding hydrogens is 651 g/mol. The van der Waals surface area contributed by atoms with Crippen LogP contribution in [0.15, 0.2) is 41.2 Å². The van der Waals surface area contributed by atoms with Crippen molar-refractivity contribution in [2.45, 2.75) is 64.4 Å². The molecule has 4 aromatic rings. The Bertz CT molecular complexity index is 1930. The van der Waals surface area contributed by atoms with Gasteiger partial charge in [0.25, 0.3) is 5.56 Å². The van der Waals surface area contributed by atoms with Crippen molar-refractivity contribution in [1.29, 1.82) is 0 Å². The molecule has 0 aliphatic carbocycles. The van der Waals surface area contributed by atoms with Gasteiger partial charge >= 0.3 is 18.3 Å². The second-order valence-electron chi connectivity index (χ2n) is 13.3. The number of halogens is 4. The number of nitrogens with zero attached hydrogens (tertiary/aromatic N) is 7. The molecule has 11 nitrogen and oxygen atoms in total. The third kappa shape index (κ3) is 6.59. The molecule has 15 heteroatoms. The summed E-state index contributed by atoms with van der Waals surface area (Å²) in [6.07, 6.45) is -3.65. The van der Waals surface area contributed by atoms with Gasteiger partial charge in [0.1, 0.15) is 17.7 Å². The normalized spacial score (nSPS) is 19.4. The van der Waals surface area contributed by atoms with Gasteiger partial charge in [0.05, 0.1) is 10.7 Å². The van der Waals surface area contributed by atoms with Crippen LogP contribution in [0.25, 0.3) is 27.5 Å². The summed E-state index contributed by atoms with van der Waals surface area (Å²) in [5.74, 6) is -1.43. The lowest BCUT2D eigenvalue weighted by atomic mass is 10.1. The van der Waals surface area contributed by atoms with E-state index in [1.54, 1.807) is 56.0 Å². The van der Waals surface area contributed by atoms with Gasteiger partial charge in [-0.15, -0.1) is 0 Å². The van der Waals surface area contributed by atoms with E-state index >= 15 is 0 Å². The number of fused-ring (bicyclic) bond motifs is 2. The van der Waals surface area contributed by atoms with Crippen molar-refractivity contribution in [3.05, 3.63) is 57.6 Å². The molecular formula is C33H37ClF3N7O4. The predicted octanol–water partition coefficient (Wildman–Crippen LogP) is 5.92. The van der Waals surface area contributed by atoms with Crippen molar-refractivity contribution in [2.24, 2.45) is 0 Å². The highest BCUT2D eigenvalue weighted by Gasteiger charge is 2.40. The van der Waals surface area contributed by atoms with E-state index in [2.05, 4.69) is 19.9 Å². The maximum absolute atomic E-state index is 14.9. The van der Waals surface area contributed by atoms with Crippen LogP contribution < -0.4 is 15.2 Å². The summed E-state index contributed by atoms with van der Waals surface area (Å²) < 4.78 is 56.7. The van der Waals surface area contributed by atoms with E-state index in [-0.39, 0.29) is 71.2 Å². The average molecular weight is 688 g/mol. The molecule has 2 atom stereocenters. The zero-order chi connectivity index (χ0) is 34.5. The number of likely N-dealkylation sites (tertiary alicyclic amines) is 1. The molecule has 2 aliphatic rings. The highest BCUT2D eigenvalue weighted by molar-refractivity contribution is 6.36. The van der Waals surface area contributed by atoms with Gasteiger partial charge in [-0.25, -0.2) is 9.78 Å². The number of alkyl halides is 3. The molecule has 0 N–H and O–H groups in total. The maximum Gasteiger partial charge on any atom is 0.450 e. The Balaban J connectivity index is 1.52. The largest absolute Gasteiger partial charge is 0.462 e. The van der Waals surface area contributed by atoms with E-state index < -0.39 is 35.3 Å². The number of carbonyl (C=O) groups is 1. The SMILES string of the molecule is C[C@H]1CN(C(=O)OC(C)(C)C)CCN1c1nc(OC[C@@H]2CCCN2C)nc2c(=O)n(-c3cccc4cccc(Cl)c34)c(C(F)(F)F)nc12. The van der Waals surface area contributed by atoms with Crippen LogP contribution >= 0.6 is 11.6 Å². The van der Waals surface area contributed by atoms with E-state index in [1.807, 2.05) is 14.0 Å². The minimum atomic E-state index is -5.04. The second kappa shape index (κ2) is 12.7. The van der Waals surface area contributed by atoms with Gasteiger partial charge in [-0.05, 0) is 71.6 Å². The fraction of sp³-hybridized carbons (Fsp3) is 0.485. The third-order valence-electron chi connectivity index (χ3n) is 8.63. The van der Waals surface area contributed by atoms with Crippen LogP contribution in [-0.2, 0) is 10.9 Å². The highest BCUT2D eigenvalue weighted by atomic mass is 35.5. The molecule has 0 radical (unpaired) electrons. The van der Waals surface area contributed by atoms with Crippen molar-refractivity contribution < 1.29 is 27.4 Å². The molecule has 2 aromatic heterocycles. The second-order valence-corrected chi connectivity index (χ2v) is 13.7. The van der Waals surface area contributed by atoms with Gasteiger partial charge in [0, 0.05) is 37.1 Å². The molecule has 1 amide bonds. The monoisotopic (exact) mass is 687 g/mol. The van der Waals surface area contributed by atoms with Crippen LogP contribution in [0.5, 0.6) is 6.01 Å². The summed E-state index contributed by atoms with van der Waals surface area (Å²) in [5, 5.41) is 0.982. The first-order valence-electron chi connectivity index (χ1n) is 15.8. The highest BCUT2D eigenvalue weighted by Crippen LogP contribution is 2.36. The maximum atomic E-state index is 14.9. The number of aromatic nitrogens is 4. The van der Waals surface area contributed by atoms with Gasteiger partial charge in [0.2, 0.25) is 5.82 Å². The fourth-order valence-corrected chi connectivity index (χ4v) is 6.58. The Hall–Kier alpha value is -4.17. The number of hydrogen-bond donors (Lipinski definition) is 0. The number of rotatable bonds is 5. The Kier molecular flexibility index (Phi) is 8.92. The van der Waals surface area contributed by atoms with E-state index in [1.165, 1.54) is 11.0 Å². The third-order valence-corrected chi connectivity index (χ3v) is 8.95. The summed E-state index contributed by atoms with van der Waals surface area (Å²) in [6.45, 7) is 8.82. The number of carbonyl (C=O) groups excluding carboxylic acids is 1. The number of piperazine rings is 1. The zero-order valence-corrected chi connectivity index (χ0v) is 28.1. The standard InChI is InChI=1S/C33H37ClF3N7O4/c1-19-17-42(31(46)48-32(2,3)4)15-16-43(19)27-25-26(39-30(40-27)47-18-21-11-8-14-41(21)5)28(45)44(29(38-25)33(35,36)37)23-13-7-10-20-9-6-12-22(34)24(20)23/h6-7,9-10,12-13,19,21H,8,11,14-18H2,1-5H3/t19-,21-/m0/s1. The lowest BCUT2D eigenvalue weighted by molar-refractivity contribution is -0.146. The first-order chi connectivity index (χ1) is 22.6. The van der Waals surface area contributed by atoms with Crippen molar-refractivity contribution in [3.63, 3.8) is 0 Å². The van der Waals surface area contributed by atoms with E-state index in [0.717, 1.165) is 19.4 Å². The molecule has 2 fully saturated rings. The molecule has 48 heavy (non-hydrogen) atoms. The Labute approximate surface area is 280 Å². The molecule has 6 rings (SSSR count). The Morgan fingerprint density at radius 3 is 2.40 bits per heavy atom. The molecule has 0 spiro atoms. The lowest BCUT2D eigenvalue weighted by Gasteiger charge is -2.40. The molecule has 0 unspecified atom stereocenters. The Morgan fingerprint density at radius 1 is 1.02 bits per heavy atom. The fourth-order valence-electron chi connectivity index (χ4n) is 6.30. The van der Waals surface area contributed by atoms with Crippen molar-refractivity contribution in [3.8, 4) is 11.7 Å². The number of ether oxygens (including phenoxy) is 2. The molecule has 2 aromatic carbocycles. The molecule has 0 bridgehead atoms. The smallest absolute Gasteiger partial charge is 0.450 e. The zero-order valence-electron chi connectivity index (χ0n) is 27.3. The Morgan fingerprint density at radius 2 is 1.75 bits per heavy atom. The van der Waals surface area contributed by atoms with E-state index in [4.69, 9.17) is 21.1 Å². The number of benzene rings is 2. The number of anilines is 1. The summed E-state index contributed by atoms with van der Waals surface area (Å²) in [5.41, 5.74) is -2.50. The molecule has 0 saturated carbocycles. The first kappa shape index (κ1) is 33.7. The predicted molar refractivity (Wildman–Crippen MR) is 176 cm³/mol. The van der Waals surface area contributed by atoms with Crippen LogP contribution in [-0.4, -0.2) is 92.9 Å². The van der Waals surface area contributed by atoms with Gasteiger partial charge in [0.15, 0.2) is 11.3 Å². The van der Waals surface area contributed by atoms with Gasteiger partial charge in [-0.1, -0.05) is 35.9 Å². The molecule has 2 saturated heterocycles. The summed E-state index contributed by atoms with van der Waals surface area (Å²) in [6, 6.07) is 9.06. The summed E-state index contributed by atoms with van der Waals surface area (Å²) in [7, 11) is 1.98. The summed E-state index contributed by atoms with van der Waals surface area (Å²) in [4.78, 5) is 45.6. The van der Waals surface area contributed by atoms with E-state index in [9.17, 15) is 22.8 Å². The van der Waals surface area contributed by atoms with E-state index in [0.29, 0.717) is 9.95 Å². The molecule has 2 aliphatic heterocycles. The topological polar surface area (TPSA) is 106 Å².